The fourth-order valence-corrected chi connectivity index (χ4v) is 1.96. The molecule has 0 saturated carbocycles. The van der Waals surface area contributed by atoms with Crippen molar-refractivity contribution in [2.24, 2.45) is 5.92 Å². The molecule has 0 aliphatic carbocycles. The fourth-order valence-electron chi connectivity index (χ4n) is 1.96. The van der Waals surface area contributed by atoms with Gasteiger partial charge in [0.05, 0.1) is 5.92 Å². The van der Waals surface area contributed by atoms with Crippen LogP contribution >= 0.6 is 0 Å². The molecule has 0 unspecified atom stereocenters. The standard InChI is InChI=1S/C13H19NO2/c1-3-12(8-7-11(2)15)13(16)14-9-5-4-6-10-14/h1,12H,4-10H2,2H3/t12-/m1/s1. The highest BCUT2D eigenvalue weighted by molar-refractivity contribution is 5.83. The van der Waals surface area contributed by atoms with Crippen molar-refractivity contribution in [3.05, 3.63) is 0 Å². The number of hydrogen-bond donors (Lipinski definition) is 0. The second-order valence-electron chi connectivity index (χ2n) is 4.35. The molecule has 1 heterocycles. The number of carbonyl (C=O) groups is 2. The third-order valence-corrected chi connectivity index (χ3v) is 2.95. The van der Waals surface area contributed by atoms with Crippen LogP contribution in [0.3, 0.4) is 0 Å². The number of ketones is 1. The van der Waals surface area contributed by atoms with E-state index in [2.05, 4.69) is 5.92 Å². The van der Waals surface area contributed by atoms with Gasteiger partial charge in [-0.3, -0.25) is 4.79 Å². The quantitative estimate of drug-likeness (QED) is 0.676. The van der Waals surface area contributed by atoms with E-state index in [1.54, 1.807) is 0 Å². The minimum Gasteiger partial charge on any atom is -0.342 e. The SMILES string of the molecule is C#C[C@H](CCC(C)=O)C(=O)N1CCCCC1. The van der Waals surface area contributed by atoms with Crippen molar-refractivity contribution < 1.29 is 9.59 Å². The van der Waals surface area contributed by atoms with E-state index in [1.165, 1.54) is 13.3 Å². The predicted octanol–water partition coefficient (Wildman–Crippen LogP) is 1.62. The van der Waals surface area contributed by atoms with Gasteiger partial charge in [0.25, 0.3) is 0 Å². The maximum atomic E-state index is 12.0. The van der Waals surface area contributed by atoms with Crippen LogP contribution in [0.25, 0.3) is 0 Å². The molecular weight excluding hydrogens is 202 g/mol. The Labute approximate surface area is 97.2 Å². The Morgan fingerprint density at radius 3 is 2.44 bits per heavy atom. The normalized spacial score (nSPS) is 17.6. The van der Waals surface area contributed by atoms with Crippen LogP contribution in [0, 0.1) is 18.3 Å². The van der Waals surface area contributed by atoms with E-state index >= 15 is 0 Å². The van der Waals surface area contributed by atoms with Gasteiger partial charge in [0, 0.05) is 19.5 Å². The molecule has 1 aliphatic heterocycles. The minimum absolute atomic E-state index is 0.0310. The van der Waals surface area contributed by atoms with Gasteiger partial charge in [0.2, 0.25) is 5.91 Å². The van der Waals surface area contributed by atoms with Crippen molar-refractivity contribution in [3.63, 3.8) is 0 Å². The van der Waals surface area contributed by atoms with Gasteiger partial charge in [-0.1, -0.05) is 5.92 Å². The molecule has 16 heavy (non-hydrogen) atoms. The highest BCUT2D eigenvalue weighted by Crippen LogP contribution is 2.15. The van der Waals surface area contributed by atoms with Gasteiger partial charge in [0.15, 0.2) is 0 Å². The molecule has 0 aromatic carbocycles. The molecule has 0 radical (unpaired) electrons. The number of likely N-dealkylation sites (tertiary alicyclic amines) is 1. The summed E-state index contributed by atoms with van der Waals surface area (Å²) in [6, 6.07) is 0. The third kappa shape index (κ3) is 3.69. The second-order valence-corrected chi connectivity index (χ2v) is 4.35. The lowest BCUT2D eigenvalue weighted by Crippen LogP contribution is -2.39. The molecule has 1 aliphatic rings. The first-order chi connectivity index (χ1) is 7.65. The molecule has 1 atom stereocenters. The number of terminal acetylenes is 1. The highest BCUT2D eigenvalue weighted by Gasteiger charge is 2.23. The third-order valence-electron chi connectivity index (χ3n) is 2.95. The molecule has 3 heteroatoms. The Morgan fingerprint density at radius 2 is 1.94 bits per heavy atom. The summed E-state index contributed by atoms with van der Waals surface area (Å²) in [5, 5.41) is 0. The second kappa shape index (κ2) is 6.32. The van der Waals surface area contributed by atoms with Crippen molar-refractivity contribution in [1.82, 2.24) is 4.90 Å². The average molecular weight is 221 g/mol. The molecule has 0 aromatic heterocycles. The lowest BCUT2D eigenvalue weighted by molar-refractivity contribution is -0.134. The Bertz CT molecular complexity index is 298. The molecule has 0 aromatic rings. The van der Waals surface area contributed by atoms with Crippen LogP contribution in [0.15, 0.2) is 0 Å². The molecule has 3 nitrogen and oxygen atoms in total. The number of piperidine rings is 1. The predicted molar refractivity (Wildman–Crippen MR) is 62.7 cm³/mol. The average Bonchev–Trinajstić information content (AvgIpc) is 2.30. The summed E-state index contributed by atoms with van der Waals surface area (Å²) in [5.41, 5.74) is 0. The van der Waals surface area contributed by atoms with Gasteiger partial charge in [-0.15, -0.1) is 6.42 Å². The molecule has 0 N–H and O–H groups in total. The van der Waals surface area contributed by atoms with Crippen molar-refractivity contribution in [1.29, 1.82) is 0 Å². The summed E-state index contributed by atoms with van der Waals surface area (Å²) < 4.78 is 0. The van der Waals surface area contributed by atoms with Crippen LogP contribution in [0.5, 0.6) is 0 Å². The monoisotopic (exact) mass is 221 g/mol. The summed E-state index contributed by atoms with van der Waals surface area (Å²) in [5.74, 6) is 2.22. The largest absolute Gasteiger partial charge is 0.342 e. The first-order valence-corrected chi connectivity index (χ1v) is 5.89. The molecule has 88 valence electrons. The van der Waals surface area contributed by atoms with E-state index in [-0.39, 0.29) is 11.7 Å². The zero-order valence-electron chi connectivity index (χ0n) is 9.87. The van der Waals surface area contributed by atoms with Gasteiger partial charge in [-0.2, -0.15) is 0 Å². The Balaban J connectivity index is 2.48. The number of nitrogens with zero attached hydrogens (tertiary/aromatic N) is 1. The molecule has 0 bridgehead atoms. The van der Waals surface area contributed by atoms with Crippen LogP contribution in [-0.2, 0) is 9.59 Å². The first kappa shape index (κ1) is 12.8. The van der Waals surface area contributed by atoms with Crippen LogP contribution in [-0.4, -0.2) is 29.7 Å². The summed E-state index contributed by atoms with van der Waals surface area (Å²) in [6.07, 6.45) is 9.57. The molecule has 1 saturated heterocycles. The minimum atomic E-state index is -0.415. The van der Waals surface area contributed by atoms with E-state index in [1.807, 2.05) is 4.90 Å². The van der Waals surface area contributed by atoms with Gasteiger partial charge in [0.1, 0.15) is 5.78 Å². The van der Waals surface area contributed by atoms with Crippen molar-refractivity contribution in [2.45, 2.75) is 39.0 Å². The van der Waals surface area contributed by atoms with E-state index < -0.39 is 5.92 Å². The molecular formula is C13H19NO2. The van der Waals surface area contributed by atoms with Gasteiger partial charge in [-0.05, 0) is 32.6 Å². The summed E-state index contributed by atoms with van der Waals surface area (Å²) in [6.45, 7) is 3.16. The van der Waals surface area contributed by atoms with Crippen LogP contribution < -0.4 is 0 Å². The Hall–Kier alpha value is -1.30. The number of amides is 1. The van der Waals surface area contributed by atoms with Gasteiger partial charge in [-0.25, -0.2) is 0 Å². The van der Waals surface area contributed by atoms with E-state index in [9.17, 15) is 9.59 Å². The van der Waals surface area contributed by atoms with Crippen LogP contribution in [0.4, 0.5) is 0 Å². The lowest BCUT2D eigenvalue weighted by atomic mass is 9.99. The highest BCUT2D eigenvalue weighted by atomic mass is 16.2. The summed E-state index contributed by atoms with van der Waals surface area (Å²) in [7, 11) is 0. The lowest BCUT2D eigenvalue weighted by Gasteiger charge is -2.28. The molecule has 1 rings (SSSR count). The number of Topliss-reactive ketones (excluding diaryl/α,β-unsaturated/α-hetero) is 1. The number of carbonyl (C=O) groups excluding carboxylic acids is 2. The van der Waals surface area contributed by atoms with Crippen molar-refractivity contribution >= 4 is 11.7 Å². The summed E-state index contributed by atoms with van der Waals surface area (Å²) in [4.78, 5) is 24.7. The van der Waals surface area contributed by atoms with E-state index in [0.717, 1.165) is 25.9 Å². The number of rotatable bonds is 4. The molecule has 1 amide bonds. The molecule has 0 spiro atoms. The van der Waals surface area contributed by atoms with Gasteiger partial charge < -0.3 is 9.69 Å². The topological polar surface area (TPSA) is 37.4 Å². The zero-order chi connectivity index (χ0) is 12.0. The maximum Gasteiger partial charge on any atom is 0.237 e. The fraction of sp³-hybridized carbons (Fsp3) is 0.692. The smallest absolute Gasteiger partial charge is 0.237 e. The van der Waals surface area contributed by atoms with Crippen LogP contribution in [0.2, 0.25) is 0 Å². The Morgan fingerprint density at radius 1 is 1.31 bits per heavy atom. The van der Waals surface area contributed by atoms with Crippen molar-refractivity contribution in [2.75, 3.05) is 13.1 Å². The summed E-state index contributed by atoms with van der Waals surface area (Å²) >= 11 is 0. The zero-order valence-corrected chi connectivity index (χ0v) is 9.87. The maximum absolute atomic E-state index is 12.0. The van der Waals surface area contributed by atoms with Crippen molar-refractivity contribution in [3.8, 4) is 12.3 Å². The number of hydrogen-bond acceptors (Lipinski definition) is 2. The molecule has 1 fully saturated rings. The van der Waals surface area contributed by atoms with Crippen LogP contribution in [0.1, 0.15) is 39.0 Å². The van der Waals surface area contributed by atoms with E-state index in [4.69, 9.17) is 6.42 Å². The van der Waals surface area contributed by atoms with Gasteiger partial charge >= 0.3 is 0 Å². The first-order valence-electron chi connectivity index (χ1n) is 5.89. The van der Waals surface area contributed by atoms with E-state index in [0.29, 0.717) is 12.8 Å². The Kier molecular flexibility index (Phi) is 5.04.